The Morgan fingerprint density at radius 1 is 0.932 bits per heavy atom. The van der Waals surface area contributed by atoms with Gasteiger partial charge in [0.2, 0.25) is 5.36 Å². The Bertz CT molecular complexity index is 1920. The van der Waals surface area contributed by atoms with Crippen LogP contribution >= 0.6 is 0 Å². The minimum absolute atomic E-state index is 0.0762. The van der Waals surface area contributed by atoms with Crippen molar-refractivity contribution in [1.29, 1.82) is 0 Å². The molecule has 0 bridgehead atoms. The van der Waals surface area contributed by atoms with Crippen molar-refractivity contribution in [3.8, 4) is 22.5 Å². The van der Waals surface area contributed by atoms with Crippen LogP contribution in [0.2, 0.25) is 0 Å². The Morgan fingerprint density at radius 3 is 2.02 bits per heavy atom. The molecule has 7 N–H and O–H groups in total. The standard InChI is InChI=1S/C24H19N3O9S.C2HF3O2/c25-12-5-6-15-18(9-12)36-22-16(21(15)13-3-1-2-4-14(13)24(32)33)7-8-17(26)23(22)37(34,35)27(10-19(28)29)11-20(30)31;3-2(4,5)1(6)7/h1-9,26H,10-11,25H2,(H,28,29)(H,30,31)(H,32,33);(H,6,7). The van der Waals surface area contributed by atoms with Crippen LogP contribution in [0.25, 0.3) is 33.4 Å². The lowest BCUT2D eigenvalue weighted by molar-refractivity contribution is -0.344. The Kier molecular flexibility index (Phi) is 9.30. The minimum atomic E-state index is -5.19. The van der Waals surface area contributed by atoms with Gasteiger partial charge in [0.25, 0.3) is 10.0 Å². The van der Waals surface area contributed by atoms with Crippen LogP contribution in [0.1, 0.15) is 10.4 Å². The molecule has 18 heteroatoms. The van der Waals surface area contributed by atoms with Crippen molar-refractivity contribution in [2.24, 2.45) is 0 Å². The monoisotopic (exact) mass is 639 g/mol. The van der Waals surface area contributed by atoms with E-state index in [2.05, 4.69) is 0 Å². The van der Waals surface area contributed by atoms with E-state index in [1.165, 1.54) is 30.3 Å². The van der Waals surface area contributed by atoms with E-state index in [-0.39, 0.29) is 43.4 Å². The van der Waals surface area contributed by atoms with Crippen LogP contribution in [0.15, 0.2) is 63.9 Å². The number of nitrogen functional groups attached to an aromatic ring is 1. The lowest BCUT2D eigenvalue weighted by Crippen LogP contribution is -2.50. The number of aromatic carboxylic acids is 1. The molecule has 14 nitrogen and oxygen atoms in total. The molecule has 2 aliphatic rings. The molecule has 0 radical (unpaired) electrons. The third-order valence-corrected chi connectivity index (χ3v) is 7.65. The first-order valence-electron chi connectivity index (χ1n) is 11.8. The van der Waals surface area contributed by atoms with Gasteiger partial charge in [-0.2, -0.15) is 17.5 Å². The van der Waals surface area contributed by atoms with Gasteiger partial charge in [-0.1, -0.05) is 18.2 Å². The fraction of sp³-hybridized carbons (Fsp3) is 0.115. The molecule has 0 fully saturated rings. The van der Waals surface area contributed by atoms with Gasteiger partial charge < -0.3 is 35.4 Å². The van der Waals surface area contributed by atoms with Crippen molar-refractivity contribution in [3.63, 3.8) is 0 Å². The highest BCUT2D eigenvalue weighted by Crippen LogP contribution is 2.43. The Hall–Kier alpha value is -5.49. The first-order chi connectivity index (χ1) is 20.4. The van der Waals surface area contributed by atoms with E-state index in [4.69, 9.17) is 25.5 Å². The highest BCUT2D eigenvalue weighted by Gasteiger charge is 2.37. The zero-order valence-corrected chi connectivity index (χ0v) is 22.7. The van der Waals surface area contributed by atoms with E-state index < -0.39 is 58.1 Å². The maximum absolute atomic E-state index is 13.6. The number of anilines is 1. The number of carbonyl (C=O) groups excluding carboxylic acids is 1. The topological polar surface area (TPSA) is 254 Å². The number of hydrogen-bond acceptors (Lipinski definition) is 9. The van der Waals surface area contributed by atoms with Crippen molar-refractivity contribution in [2.45, 2.75) is 11.1 Å². The van der Waals surface area contributed by atoms with Gasteiger partial charge in [0.1, 0.15) is 24.6 Å². The number of nitrogens with zero attached hydrogens (tertiary/aromatic N) is 1. The summed E-state index contributed by atoms with van der Waals surface area (Å²) >= 11 is 0. The summed E-state index contributed by atoms with van der Waals surface area (Å²) in [6.07, 6.45) is -5.19. The summed E-state index contributed by atoms with van der Waals surface area (Å²) in [5, 5.41) is 43.1. The number of benzene rings is 3. The molecule has 0 atom stereocenters. The number of alkyl halides is 3. The molecular formula is C26H20F3N3O11S. The van der Waals surface area contributed by atoms with Crippen LogP contribution in [-0.2, 0) is 24.4 Å². The number of hydrogen-bond donors (Lipinski definition) is 5. The third-order valence-electron chi connectivity index (χ3n) is 5.78. The molecule has 2 aromatic rings. The number of nitrogens with two attached hydrogens (primary N) is 2. The van der Waals surface area contributed by atoms with Crippen LogP contribution in [0, 0.1) is 0 Å². The van der Waals surface area contributed by atoms with Gasteiger partial charge >= 0.3 is 24.1 Å². The van der Waals surface area contributed by atoms with E-state index in [1.54, 1.807) is 24.3 Å². The molecule has 1 heterocycles. The summed E-state index contributed by atoms with van der Waals surface area (Å²) in [5.41, 5.74) is 6.87. The summed E-state index contributed by atoms with van der Waals surface area (Å²) in [5.74, 6) is -7.74. The number of carboxylic acid groups (broad SMARTS) is 4. The first-order valence-corrected chi connectivity index (χ1v) is 13.2. The van der Waals surface area contributed by atoms with Gasteiger partial charge in [0.05, 0.1) is 5.56 Å². The van der Waals surface area contributed by atoms with Crippen LogP contribution in [-0.4, -0.2) is 71.2 Å². The highest BCUT2D eigenvalue weighted by atomic mass is 32.2. The molecule has 0 saturated carbocycles. The molecular weight excluding hydrogens is 619 g/mol. The van der Waals surface area contributed by atoms with Crippen molar-refractivity contribution in [1.82, 2.24) is 4.31 Å². The van der Waals surface area contributed by atoms with Crippen LogP contribution < -0.4 is 21.6 Å². The molecule has 232 valence electrons. The second kappa shape index (κ2) is 12.4. The Labute approximate surface area is 243 Å². The highest BCUT2D eigenvalue weighted by molar-refractivity contribution is 7.89. The van der Waals surface area contributed by atoms with Gasteiger partial charge in [-0.05, 0) is 29.8 Å². The van der Waals surface area contributed by atoms with Gasteiger partial charge in [-0.25, -0.2) is 13.2 Å². The molecule has 1 aliphatic heterocycles. The minimum Gasteiger partial charge on any atom is -0.542 e. The molecule has 0 amide bonds. The number of fused-ring (bicyclic) bond motifs is 2. The van der Waals surface area contributed by atoms with Gasteiger partial charge in [0.15, 0.2) is 10.7 Å². The zero-order chi connectivity index (χ0) is 33.1. The van der Waals surface area contributed by atoms with Gasteiger partial charge in [0, 0.05) is 34.3 Å². The van der Waals surface area contributed by atoms with E-state index in [1.807, 2.05) is 0 Å². The summed E-state index contributed by atoms with van der Waals surface area (Å²) in [7, 11) is -4.85. The third kappa shape index (κ3) is 6.93. The maximum Gasteiger partial charge on any atom is 0.430 e. The fourth-order valence-electron chi connectivity index (χ4n) is 4.06. The van der Waals surface area contributed by atoms with Crippen molar-refractivity contribution >= 4 is 50.6 Å². The average Bonchev–Trinajstić information content (AvgIpc) is 2.90. The summed E-state index contributed by atoms with van der Waals surface area (Å²) in [6.45, 7) is -2.31. The van der Waals surface area contributed by atoms with Crippen molar-refractivity contribution in [2.75, 3.05) is 18.8 Å². The lowest BCUT2D eigenvalue weighted by atomic mass is 9.90. The molecule has 44 heavy (non-hydrogen) atoms. The van der Waals surface area contributed by atoms with Gasteiger partial charge in [-0.3, -0.25) is 15.0 Å². The van der Waals surface area contributed by atoms with E-state index in [0.29, 0.717) is 10.9 Å². The molecule has 0 saturated heterocycles. The molecule has 0 unspecified atom stereocenters. The zero-order valence-electron chi connectivity index (χ0n) is 21.9. The molecule has 1 aliphatic carbocycles. The molecule has 4 rings (SSSR count). The number of rotatable bonds is 8. The number of sulfonamides is 1. The number of halogens is 3. The summed E-state index contributed by atoms with van der Waals surface area (Å²) in [6, 6.07) is 13.3. The second-order valence-electron chi connectivity index (χ2n) is 8.79. The number of carbonyl (C=O) groups is 4. The molecule has 0 aromatic heterocycles. The molecule has 0 spiro atoms. The second-order valence-corrected chi connectivity index (χ2v) is 10.7. The first kappa shape index (κ1) is 33.0. The fourth-order valence-corrected chi connectivity index (χ4v) is 5.63. The maximum atomic E-state index is 13.6. The average molecular weight is 640 g/mol. The molecule has 2 aromatic carbocycles. The predicted molar refractivity (Wildman–Crippen MR) is 140 cm³/mol. The predicted octanol–water partition coefficient (Wildman–Crippen LogP) is -0.397. The lowest BCUT2D eigenvalue weighted by Gasteiger charge is -2.22. The van der Waals surface area contributed by atoms with Crippen LogP contribution in [0.5, 0.6) is 0 Å². The smallest absolute Gasteiger partial charge is 0.430 e. The summed E-state index contributed by atoms with van der Waals surface area (Å²) < 4.78 is 64.9. The van der Waals surface area contributed by atoms with Crippen molar-refractivity contribution < 1.29 is 71.0 Å². The van der Waals surface area contributed by atoms with Crippen LogP contribution in [0.3, 0.4) is 0 Å². The largest absolute Gasteiger partial charge is 0.542 e. The SMILES string of the molecule is Nc1ccc2c(-c3ccccc3C(=O)O)c3ccc(=[NH2+])c(S(=O)(=O)N(CC(=O)O)CC(=O)O)c-3oc2c1.O=C([O-])C(F)(F)F. The van der Waals surface area contributed by atoms with Crippen molar-refractivity contribution in [3.05, 3.63) is 65.5 Å². The van der Waals surface area contributed by atoms with Gasteiger partial charge in [-0.15, -0.1) is 0 Å². The normalized spacial score (nSPS) is 11.6. The quantitative estimate of drug-likeness (QED) is 0.122. The van der Waals surface area contributed by atoms with E-state index in [0.717, 1.165) is 0 Å². The number of aliphatic carboxylic acids is 3. The Balaban J connectivity index is 0.000000676. The summed E-state index contributed by atoms with van der Waals surface area (Å²) in [4.78, 5) is 42.8. The van der Waals surface area contributed by atoms with E-state index in [9.17, 15) is 51.3 Å². The van der Waals surface area contributed by atoms with Crippen LogP contribution in [0.4, 0.5) is 18.9 Å². The van der Waals surface area contributed by atoms with E-state index >= 15 is 0 Å². The number of carboxylic acids is 4. The Morgan fingerprint density at radius 2 is 1.50 bits per heavy atom.